The topological polar surface area (TPSA) is 49.4 Å². The lowest BCUT2D eigenvalue weighted by atomic mass is 10.00. The van der Waals surface area contributed by atoms with Crippen LogP contribution in [0.3, 0.4) is 0 Å². The van der Waals surface area contributed by atoms with Gasteiger partial charge in [0.1, 0.15) is 0 Å². The number of hydrogen-bond donors (Lipinski definition) is 1. The molecule has 0 saturated heterocycles. The van der Waals surface area contributed by atoms with Gasteiger partial charge in [0.15, 0.2) is 0 Å². The molecule has 0 saturated carbocycles. The predicted molar refractivity (Wildman–Crippen MR) is 90.4 cm³/mol. The molecule has 5 heteroatoms. The molecular formula is C17H26N2O2S. The largest absolute Gasteiger partial charge is 0.352 e. The number of hydrogen-bond acceptors (Lipinski definition) is 3. The Labute approximate surface area is 136 Å². The molecule has 0 bridgehead atoms. The number of carbonyl (C=O) groups is 2. The number of likely N-dealkylation sites (N-methyl/N-ethyl adjacent to an activating group) is 1. The summed E-state index contributed by atoms with van der Waals surface area (Å²) in [5.41, 5.74) is 1.34. The van der Waals surface area contributed by atoms with Crippen LogP contribution in [0.25, 0.3) is 0 Å². The van der Waals surface area contributed by atoms with Crippen LogP contribution in [0.4, 0.5) is 0 Å². The Morgan fingerprint density at radius 2 is 1.91 bits per heavy atom. The summed E-state index contributed by atoms with van der Waals surface area (Å²) in [6.07, 6.45) is 7.17. The van der Waals surface area contributed by atoms with E-state index < -0.39 is 0 Å². The summed E-state index contributed by atoms with van der Waals surface area (Å²) in [5.74, 6) is -0.156. The maximum absolute atomic E-state index is 12.5. The maximum Gasteiger partial charge on any atom is 0.264 e. The normalized spacial score (nSPS) is 14.9. The lowest BCUT2D eigenvalue weighted by Crippen LogP contribution is -2.40. The SMILES string of the molecule is CC(C)NC(=O)CN(C)C(=O)c1cc2c(s1)CCCCCC2. The molecule has 0 spiro atoms. The van der Waals surface area contributed by atoms with Gasteiger partial charge >= 0.3 is 0 Å². The van der Waals surface area contributed by atoms with Crippen molar-refractivity contribution in [3.05, 3.63) is 21.4 Å². The Hall–Kier alpha value is -1.36. The molecule has 0 radical (unpaired) electrons. The Bertz CT molecular complexity index is 511. The van der Waals surface area contributed by atoms with Crippen molar-refractivity contribution in [2.24, 2.45) is 0 Å². The van der Waals surface area contributed by atoms with Gasteiger partial charge < -0.3 is 10.2 Å². The van der Waals surface area contributed by atoms with E-state index in [1.54, 1.807) is 18.4 Å². The number of amides is 2. The molecule has 0 aliphatic heterocycles. The first-order chi connectivity index (χ1) is 10.5. The zero-order valence-corrected chi connectivity index (χ0v) is 14.6. The number of nitrogens with zero attached hydrogens (tertiary/aromatic N) is 1. The smallest absolute Gasteiger partial charge is 0.264 e. The van der Waals surface area contributed by atoms with E-state index in [1.165, 1.54) is 41.0 Å². The second-order valence-corrected chi connectivity index (χ2v) is 7.49. The molecule has 0 aromatic carbocycles. The van der Waals surface area contributed by atoms with Crippen molar-refractivity contribution >= 4 is 23.2 Å². The van der Waals surface area contributed by atoms with Crippen LogP contribution in [0.1, 0.15) is 59.6 Å². The minimum atomic E-state index is -0.110. The molecule has 1 aromatic heterocycles. The average Bonchev–Trinajstić information content (AvgIpc) is 2.79. The molecule has 122 valence electrons. The van der Waals surface area contributed by atoms with E-state index in [-0.39, 0.29) is 24.4 Å². The van der Waals surface area contributed by atoms with Crippen LogP contribution in [0.2, 0.25) is 0 Å². The first kappa shape index (κ1) is 17.0. The van der Waals surface area contributed by atoms with Crippen LogP contribution in [-0.2, 0) is 17.6 Å². The van der Waals surface area contributed by atoms with Crippen molar-refractivity contribution in [3.8, 4) is 0 Å². The number of fused-ring (bicyclic) bond motifs is 1. The molecule has 0 atom stereocenters. The maximum atomic E-state index is 12.5. The monoisotopic (exact) mass is 322 g/mol. The molecule has 1 aliphatic carbocycles. The van der Waals surface area contributed by atoms with Gasteiger partial charge in [0, 0.05) is 18.0 Å². The molecule has 4 nitrogen and oxygen atoms in total. The molecule has 2 amide bonds. The van der Waals surface area contributed by atoms with Gasteiger partial charge in [0.2, 0.25) is 5.91 Å². The van der Waals surface area contributed by atoms with Gasteiger partial charge in [0.05, 0.1) is 11.4 Å². The number of carbonyl (C=O) groups excluding carboxylic acids is 2. The second kappa shape index (κ2) is 7.77. The highest BCUT2D eigenvalue weighted by Gasteiger charge is 2.20. The van der Waals surface area contributed by atoms with Gasteiger partial charge in [-0.3, -0.25) is 9.59 Å². The van der Waals surface area contributed by atoms with Crippen molar-refractivity contribution in [1.82, 2.24) is 10.2 Å². The minimum absolute atomic E-state index is 0.0457. The van der Waals surface area contributed by atoms with Crippen LogP contribution in [0, 0.1) is 0 Å². The van der Waals surface area contributed by atoms with E-state index in [0.717, 1.165) is 17.7 Å². The van der Waals surface area contributed by atoms with E-state index in [9.17, 15) is 9.59 Å². The molecule has 1 aromatic rings. The molecule has 1 aliphatic rings. The fourth-order valence-electron chi connectivity index (χ4n) is 2.79. The second-order valence-electron chi connectivity index (χ2n) is 6.36. The van der Waals surface area contributed by atoms with Crippen LogP contribution in [-0.4, -0.2) is 36.3 Å². The van der Waals surface area contributed by atoms with Crippen LogP contribution >= 0.6 is 11.3 Å². The van der Waals surface area contributed by atoms with E-state index >= 15 is 0 Å². The highest BCUT2D eigenvalue weighted by atomic mass is 32.1. The van der Waals surface area contributed by atoms with E-state index in [2.05, 4.69) is 5.32 Å². The Balaban J connectivity index is 2.02. The third-order valence-corrected chi connectivity index (χ3v) is 5.11. The third-order valence-electron chi connectivity index (χ3n) is 3.88. The Morgan fingerprint density at radius 1 is 1.23 bits per heavy atom. The Kier molecular flexibility index (Phi) is 6.00. The molecule has 0 unspecified atom stereocenters. The van der Waals surface area contributed by atoms with E-state index in [0.29, 0.717) is 0 Å². The highest BCUT2D eigenvalue weighted by Crippen LogP contribution is 2.29. The first-order valence-electron chi connectivity index (χ1n) is 8.13. The van der Waals surface area contributed by atoms with Crippen molar-refractivity contribution in [2.75, 3.05) is 13.6 Å². The molecule has 1 N–H and O–H groups in total. The highest BCUT2D eigenvalue weighted by molar-refractivity contribution is 7.14. The summed E-state index contributed by atoms with van der Waals surface area (Å²) in [4.78, 5) is 27.9. The lowest BCUT2D eigenvalue weighted by molar-refractivity contribution is -0.122. The van der Waals surface area contributed by atoms with Gasteiger partial charge in [-0.25, -0.2) is 0 Å². The van der Waals surface area contributed by atoms with Gasteiger partial charge in [-0.15, -0.1) is 11.3 Å². The molecule has 1 heterocycles. The fraction of sp³-hybridized carbons (Fsp3) is 0.647. The van der Waals surface area contributed by atoms with Crippen molar-refractivity contribution in [2.45, 2.75) is 58.4 Å². The summed E-state index contributed by atoms with van der Waals surface area (Å²) in [5, 5.41) is 2.82. The third kappa shape index (κ3) is 4.57. The van der Waals surface area contributed by atoms with Crippen molar-refractivity contribution in [3.63, 3.8) is 0 Å². The number of aryl methyl sites for hydroxylation is 2. The standard InChI is InChI=1S/C17H26N2O2S/c1-12(2)18-16(20)11-19(3)17(21)15-10-13-8-6-4-5-7-9-14(13)22-15/h10,12H,4-9,11H2,1-3H3,(H,18,20). The molecule has 0 fully saturated rings. The Morgan fingerprint density at radius 3 is 2.59 bits per heavy atom. The van der Waals surface area contributed by atoms with E-state index in [1.807, 2.05) is 19.9 Å². The van der Waals surface area contributed by atoms with Crippen LogP contribution in [0.5, 0.6) is 0 Å². The van der Waals surface area contributed by atoms with Crippen LogP contribution < -0.4 is 5.32 Å². The average molecular weight is 322 g/mol. The first-order valence-corrected chi connectivity index (χ1v) is 8.95. The number of rotatable bonds is 4. The zero-order valence-electron chi connectivity index (χ0n) is 13.8. The summed E-state index contributed by atoms with van der Waals surface area (Å²) in [7, 11) is 1.69. The molecular weight excluding hydrogens is 296 g/mol. The zero-order chi connectivity index (χ0) is 16.1. The molecule has 2 rings (SSSR count). The number of thiophene rings is 1. The summed E-state index contributed by atoms with van der Waals surface area (Å²) >= 11 is 1.61. The van der Waals surface area contributed by atoms with Gasteiger partial charge in [-0.2, -0.15) is 0 Å². The van der Waals surface area contributed by atoms with Crippen molar-refractivity contribution in [1.29, 1.82) is 0 Å². The van der Waals surface area contributed by atoms with E-state index in [4.69, 9.17) is 0 Å². The van der Waals surface area contributed by atoms with Gasteiger partial charge in [-0.1, -0.05) is 12.8 Å². The lowest BCUT2D eigenvalue weighted by Gasteiger charge is -2.17. The summed E-state index contributed by atoms with van der Waals surface area (Å²) in [6.45, 7) is 3.94. The predicted octanol–water partition coefficient (Wildman–Crippen LogP) is 3.00. The minimum Gasteiger partial charge on any atom is -0.352 e. The van der Waals surface area contributed by atoms with Crippen molar-refractivity contribution < 1.29 is 9.59 Å². The van der Waals surface area contributed by atoms with Crippen LogP contribution in [0.15, 0.2) is 6.07 Å². The summed E-state index contributed by atoms with van der Waals surface area (Å²) < 4.78 is 0. The summed E-state index contributed by atoms with van der Waals surface area (Å²) in [6, 6.07) is 2.14. The molecule has 22 heavy (non-hydrogen) atoms. The van der Waals surface area contributed by atoms with Gasteiger partial charge in [-0.05, 0) is 51.2 Å². The number of nitrogens with one attached hydrogen (secondary N) is 1. The quantitative estimate of drug-likeness (QED) is 0.926. The van der Waals surface area contributed by atoms with Gasteiger partial charge in [0.25, 0.3) is 5.91 Å². The fourth-order valence-corrected chi connectivity index (χ4v) is 4.04.